The number of halogens is 4. The smallest absolute Gasteiger partial charge is 0.427 e. The van der Waals surface area contributed by atoms with E-state index in [1.165, 1.54) is 33.4 Å². The summed E-state index contributed by atoms with van der Waals surface area (Å²) in [6, 6.07) is -0.386. The van der Waals surface area contributed by atoms with Gasteiger partial charge in [0.2, 0.25) is 33.3 Å². The zero-order valence-corrected chi connectivity index (χ0v) is 35.9. The van der Waals surface area contributed by atoms with Crippen LogP contribution < -0.4 is 29.6 Å². The van der Waals surface area contributed by atoms with Crippen molar-refractivity contribution in [3.63, 3.8) is 0 Å². The molecular weight excluding hydrogens is 831 g/mol. The van der Waals surface area contributed by atoms with Crippen LogP contribution in [-0.2, 0) is 29.1 Å². The minimum atomic E-state index is -4.95. The molecule has 1 aromatic heterocycles. The Morgan fingerprint density at radius 1 is 1.07 bits per heavy atom. The fourth-order valence-corrected chi connectivity index (χ4v) is 9.33. The number of pyridine rings is 1. The molecule has 15 nitrogen and oxygen atoms in total. The van der Waals surface area contributed by atoms with Crippen LogP contribution >= 0.6 is 0 Å². The van der Waals surface area contributed by atoms with Crippen LogP contribution in [0.2, 0.25) is 0 Å². The monoisotopic (exact) mass is 883 g/mol. The van der Waals surface area contributed by atoms with E-state index >= 15 is 4.39 Å². The maximum Gasteiger partial charge on any atom is 0.427 e. The largest absolute Gasteiger partial charge is 0.494 e. The lowest BCUT2D eigenvalue weighted by Gasteiger charge is -2.35. The lowest BCUT2D eigenvalue weighted by atomic mass is 9.85. The first-order valence-electron chi connectivity index (χ1n) is 20.3. The molecule has 0 spiro atoms. The predicted molar refractivity (Wildman–Crippen MR) is 212 cm³/mol. The van der Waals surface area contributed by atoms with Gasteiger partial charge in [-0.2, -0.15) is 13.2 Å². The summed E-state index contributed by atoms with van der Waals surface area (Å²) in [4.78, 5) is 62.2. The molecule has 3 fully saturated rings. The normalized spacial score (nSPS) is 28.5. The number of hydrogen-bond donors (Lipinski definition) is 3. The molecule has 0 radical (unpaired) electrons. The molecule has 1 aromatic carbocycles. The number of carbonyl (C=O) groups excluding carboxylic acids is 4. The van der Waals surface area contributed by atoms with E-state index in [2.05, 4.69) is 20.3 Å². The van der Waals surface area contributed by atoms with Crippen molar-refractivity contribution in [2.24, 2.45) is 17.8 Å². The van der Waals surface area contributed by atoms with Crippen LogP contribution in [0.1, 0.15) is 86.0 Å². The molecular formula is C41H53F4N5O10S. The van der Waals surface area contributed by atoms with E-state index in [1.807, 2.05) is 13.0 Å². The van der Waals surface area contributed by atoms with Crippen LogP contribution in [0.25, 0.3) is 10.8 Å². The van der Waals surface area contributed by atoms with E-state index in [0.717, 1.165) is 11.0 Å². The van der Waals surface area contributed by atoms with Crippen LogP contribution in [-0.4, -0.2) is 103 Å². The quantitative estimate of drug-likeness (QED) is 0.203. The van der Waals surface area contributed by atoms with Crippen molar-refractivity contribution in [2.45, 2.75) is 126 Å². The van der Waals surface area contributed by atoms with Gasteiger partial charge in [0.05, 0.1) is 37.1 Å². The molecule has 20 heteroatoms. The molecule has 2 aliphatic heterocycles. The summed E-state index contributed by atoms with van der Waals surface area (Å²) in [6.07, 6.45) is -0.277. The van der Waals surface area contributed by atoms with E-state index in [4.69, 9.17) is 18.9 Å². The summed E-state index contributed by atoms with van der Waals surface area (Å²) >= 11 is 0. The van der Waals surface area contributed by atoms with Crippen molar-refractivity contribution in [1.29, 1.82) is 0 Å². The first-order chi connectivity index (χ1) is 28.5. The Kier molecular flexibility index (Phi) is 12.5. The van der Waals surface area contributed by atoms with Gasteiger partial charge in [-0.1, -0.05) is 32.4 Å². The Bertz CT molecular complexity index is 2200. The third-order valence-corrected chi connectivity index (χ3v) is 14.7. The summed E-state index contributed by atoms with van der Waals surface area (Å²) in [5.74, 6) is -4.59. The minimum Gasteiger partial charge on any atom is -0.494 e. The number of ether oxygens (including phenoxy) is 4. The molecule has 336 valence electrons. The maximum atomic E-state index is 15.1. The van der Waals surface area contributed by atoms with Crippen LogP contribution in [0.15, 0.2) is 30.5 Å². The number of nitrogens with zero attached hydrogens (tertiary/aromatic N) is 2. The molecule has 4 amide bonds. The van der Waals surface area contributed by atoms with Crippen molar-refractivity contribution in [1.82, 2.24) is 25.2 Å². The molecule has 4 aliphatic rings. The second kappa shape index (κ2) is 16.8. The van der Waals surface area contributed by atoms with Gasteiger partial charge in [-0.15, -0.1) is 0 Å². The van der Waals surface area contributed by atoms with Gasteiger partial charge in [-0.05, 0) is 83.3 Å². The fourth-order valence-electron chi connectivity index (χ4n) is 8.02. The third kappa shape index (κ3) is 9.19. The van der Waals surface area contributed by atoms with Crippen molar-refractivity contribution in [3.8, 4) is 17.4 Å². The van der Waals surface area contributed by atoms with Crippen molar-refractivity contribution < 1.29 is 64.1 Å². The van der Waals surface area contributed by atoms with E-state index in [1.54, 1.807) is 13.0 Å². The number of alkyl carbamates (subject to hydrolysis) is 1. The van der Waals surface area contributed by atoms with Gasteiger partial charge >= 0.3 is 12.3 Å². The molecule has 2 aromatic rings. The average Bonchev–Trinajstić information content (AvgIpc) is 4.06. The highest BCUT2D eigenvalue weighted by Crippen LogP contribution is 2.48. The average molecular weight is 884 g/mol. The van der Waals surface area contributed by atoms with Gasteiger partial charge in [-0.3, -0.25) is 19.1 Å². The zero-order chi connectivity index (χ0) is 44.9. The van der Waals surface area contributed by atoms with Gasteiger partial charge in [0, 0.05) is 17.7 Å². The van der Waals surface area contributed by atoms with Crippen molar-refractivity contribution in [2.75, 3.05) is 20.8 Å². The highest BCUT2D eigenvalue weighted by molar-refractivity contribution is 7.91. The van der Waals surface area contributed by atoms with Crippen molar-refractivity contribution in [3.05, 3.63) is 36.3 Å². The fraction of sp³-hybridized carbons (Fsp3) is 0.634. The minimum absolute atomic E-state index is 0.0587. The van der Waals surface area contributed by atoms with Gasteiger partial charge in [0.25, 0.3) is 5.91 Å². The molecule has 2 saturated carbocycles. The Morgan fingerprint density at radius 2 is 1.75 bits per heavy atom. The molecule has 61 heavy (non-hydrogen) atoms. The van der Waals surface area contributed by atoms with E-state index in [9.17, 15) is 40.8 Å². The standard InChI is InChI=1S/C41H53F4N5O10S/c1-8-23-15-22(2)11-9-10-12-24-19-40(24,36(53)49-61(55,56)39(5)13-14-39)48-33(51)29-16-25(21-50(29)35(52)32(23)47-37(54)60-38(3,4)41(43,44)45)59-34-27-17-28(42)30(57-6)18-26(27)31(58-7)20-46-34/h10,12,17-18,20,22-25,29,32H,8-9,11,13-16,19,21H2,1-7H3,(H,47,54)(H,48,51)(H,49,53)/b12-10-/t22-,23+,24+,25+,29-,32-,40+/m0/s1. The molecule has 0 bridgehead atoms. The summed E-state index contributed by atoms with van der Waals surface area (Å²) in [6.45, 7) is 6.23. The number of benzene rings is 1. The topological polar surface area (TPSA) is 192 Å². The second-order valence-corrected chi connectivity index (χ2v) is 19.5. The highest BCUT2D eigenvalue weighted by atomic mass is 32.2. The number of alkyl halides is 3. The molecule has 6 rings (SSSR count). The molecule has 3 heterocycles. The zero-order valence-electron chi connectivity index (χ0n) is 35.1. The van der Waals surface area contributed by atoms with Gasteiger partial charge < -0.3 is 34.5 Å². The lowest BCUT2D eigenvalue weighted by Crippen LogP contribution is -2.60. The van der Waals surface area contributed by atoms with Crippen LogP contribution in [0.5, 0.6) is 17.4 Å². The first-order valence-corrected chi connectivity index (χ1v) is 21.8. The van der Waals surface area contributed by atoms with Crippen LogP contribution in [0.4, 0.5) is 22.4 Å². The van der Waals surface area contributed by atoms with E-state index in [-0.39, 0.29) is 48.1 Å². The summed E-state index contributed by atoms with van der Waals surface area (Å²) in [5.41, 5.74) is -4.62. The van der Waals surface area contributed by atoms with Gasteiger partial charge in [-0.25, -0.2) is 22.6 Å². The molecule has 0 unspecified atom stereocenters. The number of amides is 4. The number of fused-ring (bicyclic) bond motifs is 3. The highest BCUT2D eigenvalue weighted by Gasteiger charge is 2.63. The van der Waals surface area contributed by atoms with Crippen molar-refractivity contribution >= 4 is 44.6 Å². The van der Waals surface area contributed by atoms with Crippen LogP contribution in [0, 0.1) is 23.6 Å². The Morgan fingerprint density at radius 3 is 2.38 bits per heavy atom. The number of allylic oxidation sites excluding steroid dienone is 1. The molecule has 7 atom stereocenters. The van der Waals surface area contributed by atoms with Crippen LogP contribution in [0.3, 0.4) is 0 Å². The predicted octanol–water partition coefficient (Wildman–Crippen LogP) is 5.45. The first kappa shape index (κ1) is 45.6. The number of aromatic nitrogens is 1. The van der Waals surface area contributed by atoms with E-state index in [0.29, 0.717) is 57.8 Å². The van der Waals surface area contributed by atoms with E-state index < -0.39 is 91.7 Å². The summed E-state index contributed by atoms with van der Waals surface area (Å²) in [7, 11) is -1.44. The Labute approximate surface area is 351 Å². The number of nitrogens with one attached hydrogen (secondary N) is 3. The maximum absolute atomic E-state index is 15.1. The number of carbonyl (C=O) groups is 4. The molecule has 3 N–H and O–H groups in total. The third-order valence-electron chi connectivity index (χ3n) is 12.5. The lowest BCUT2D eigenvalue weighted by molar-refractivity contribution is -0.244. The number of methoxy groups -OCH3 is 2. The van der Waals surface area contributed by atoms with Gasteiger partial charge in [0.15, 0.2) is 11.6 Å². The summed E-state index contributed by atoms with van der Waals surface area (Å²) in [5, 5.41) is 5.69. The summed E-state index contributed by atoms with van der Waals surface area (Å²) < 4.78 is 106. The Hall–Kier alpha value is -4.88. The number of rotatable bonds is 10. The number of sulfonamides is 1. The van der Waals surface area contributed by atoms with Gasteiger partial charge in [0.1, 0.15) is 29.5 Å². The molecule has 2 aliphatic carbocycles. The Balaban J connectivity index is 1.39. The SMILES string of the molecule is CC[C@@H]1C[C@@H](C)CC/C=C\[C@@H]2C[C@@]2(C(=O)NS(=O)(=O)C2(C)CC2)NC(=O)[C@@H]2C[C@@H](Oc3ncc(OC)c4cc(OC)c(F)cc34)CN2C(=O)[C@H]1NC(=O)OC(C)(C)C(F)(F)F. The number of hydrogen-bond acceptors (Lipinski definition) is 11. The molecule has 1 saturated heterocycles. The second-order valence-electron chi connectivity index (χ2n) is 17.3.